The van der Waals surface area contributed by atoms with E-state index < -0.39 is 5.97 Å². The van der Waals surface area contributed by atoms with Gasteiger partial charge in [0.25, 0.3) is 0 Å². The monoisotopic (exact) mass is 340 g/mol. The first kappa shape index (κ1) is 14.4. The van der Waals surface area contributed by atoms with Gasteiger partial charge >= 0.3 is 5.97 Å². The van der Waals surface area contributed by atoms with E-state index >= 15 is 0 Å². The molecular weight excluding hydrogens is 328 g/mol. The molecule has 0 radical (unpaired) electrons. The van der Waals surface area contributed by atoms with E-state index in [1.807, 2.05) is 18.2 Å². The predicted octanol–water partition coefficient (Wildman–Crippen LogP) is 1.98. The van der Waals surface area contributed by atoms with Gasteiger partial charge in [0, 0.05) is 18.5 Å². The van der Waals surface area contributed by atoms with Crippen molar-refractivity contribution < 1.29 is 14.6 Å². The van der Waals surface area contributed by atoms with Gasteiger partial charge in [-0.1, -0.05) is 0 Å². The Kier molecular flexibility index (Phi) is 4.67. The van der Waals surface area contributed by atoms with Crippen molar-refractivity contribution in [2.24, 2.45) is 0 Å². The third-order valence-corrected chi connectivity index (χ3v) is 3.32. The van der Waals surface area contributed by atoms with Crippen LogP contribution < -0.4 is 4.74 Å². The molecule has 0 bridgehead atoms. The number of rotatable bonds is 6. The fourth-order valence-corrected chi connectivity index (χ4v) is 2.29. The fraction of sp³-hybridized carbons (Fsp3) is 0.333. The smallest absolute Gasteiger partial charge is 0.303 e. The lowest BCUT2D eigenvalue weighted by Gasteiger charge is -2.06. The molecule has 0 saturated carbocycles. The number of aromatic nitrogens is 4. The number of benzene rings is 1. The number of carboxylic acids is 1. The average molecular weight is 341 g/mol. The fourth-order valence-electron chi connectivity index (χ4n) is 1.75. The molecule has 1 heterocycles. The normalized spacial score (nSPS) is 10.5. The van der Waals surface area contributed by atoms with E-state index in [4.69, 9.17) is 9.84 Å². The lowest BCUT2D eigenvalue weighted by Crippen LogP contribution is -2.05. The van der Waals surface area contributed by atoms with E-state index in [1.165, 1.54) is 0 Å². The molecule has 0 aliphatic carbocycles. The average Bonchev–Trinajstić information content (AvgIpc) is 2.86. The molecule has 0 amide bonds. The van der Waals surface area contributed by atoms with Crippen molar-refractivity contribution in [1.82, 2.24) is 20.2 Å². The third kappa shape index (κ3) is 3.32. The maximum Gasteiger partial charge on any atom is 0.303 e. The summed E-state index contributed by atoms with van der Waals surface area (Å²) < 4.78 is 7.57. The Labute approximate surface area is 123 Å². The molecule has 1 N–H and O–H groups in total. The molecule has 0 saturated heterocycles. The molecule has 2 aromatic rings. The number of hydrogen-bond donors (Lipinski definition) is 1. The largest absolute Gasteiger partial charge is 0.496 e. The number of aryl methyl sites for hydroxylation is 1. The van der Waals surface area contributed by atoms with Crippen LogP contribution in [0.25, 0.3) is 11.4 Å². The summed E-state index contributed by atoms with van der Waals surface area (Å²) in [6.45, 7) is 0.457. The maximum atomic E-state index is 10.5. The summed E-state index contributed by atoms with van der Waals surface area (Å²) >= 11 is 3.41. The standard InChI is InChI=1S/C12H13BrN4O3/c1-20-10-5-4-8(7-9(10)13)12-14-15-16-17(12)6-2-3-11(18)19/h4-5,7H,2-3,6H2,1H3,(H,18,19). The van der Waals surface area contributed by atoms with Gasteiger partial charge in [-0.25, -0.2) is 4.68 Å². The Morgan fingerprint density at radius 3 is 2.95 bits per heavy atom. The predicted molar refractivity (Wildman–Crippen MR) is 74.4 cm³/mol. The number of tetrazole rings is 1. The van der Waals surface area contributed by atoms with Gasteiger partial charge in [-0.15, -0.1) is 5.10 Å². The van der Waals surface area contributed by atoms with Crippen molar-refractivity contribution in [3.05, 3.63) is 22.7 Å². The maximum absolute atomic E-state index is 10.5. The van der Waals surface area contributed by atoms with Crippen molar-refractivity contribution in [2.75, 3.05) is 7.11 Å². The van der Waals surface area contributed by atoms with Crippen LogP contribution in [0.5, 0.6) is 5.75 Å². The van der Waals surface area contributed by atoms with Gasteiger partial charge in [-0.05, 0) is 51.0 Å². The van der Waals surface area contributed by atoms with Crippen molar-refractivity contribution >= 4 is 21.9 Å². The molecule has 7 nitrogen and oxygen atoms in total. The van der Waals surface area contributed by atoms with Crippen LogP contribution in [0.4, 0.5) is 0 Å². The molecule has 8 heteroatoms. The minimum absolute atomic E-state index is 0.0889. The number of methoxy groups -OCH3 is 1. The Bertz CT molecular complexity index is 614. The van der Waals surface area contributed by atoms with Crippen LogP contribution in [-0.2, 0) is 11.3 Å². The molecule has 0 aliphatic heterocycles. The van der Waals surface area contributed by atoms with Gasteiger partial charge in [0.1, 0.15) is 5.75 Å². The number of ether oxygens (including phenoxy) is 1. The van der Waals surface area contributed by atoms with Crippen molar-refractivity contribution in [1.29, 1.82) is 0 Å². The lowest BCUT2D eigenvalue weighted by atomic mass is 10.2. The molecule has 0 unspecified atom stereocenters. The summed E-state index contributed by atoms with van der Waals surface area (Å²) in [6.07, 6.45) is 0.566. The van der Waals surface area contributed by atoms with Crippen LogP contribution in [0.2, 0.25) is 0 Å². The Morgan fingerprint density at radius 2 is 2.30 bits per heavy atom. The summed E-state index contributed by atoms with van der Waals surface area (Å²) in [5.74, 6) is 0.490. The van der Waals surface area contributed by atoms with Gasteiger partial charge in [0.15, 0.2) is 5.82 Å². The topological polar surface area (TPSA) is 90.1 Å². The molecule has 0 aliphatic rings. The number of carboxylic acid groups (broad SMARTS) is 1. The Morgan fingerprint density at radius 1 is 1.50 bits per heavy atom. The van der Waals surface area contributed by atoms with Gasteiger partial charge in [-0.2, -0.15) is 0 Å². The van der Waals surface area contributed by atoms with Gasteiger partial charge in [0.2, 0.25) is 0 Å². The van der Waals surface area contributed by atoms with Gasteiger partial charge in [-0.3, -0.25) is 4.79 Å². The molecular formula is C12H13BrN4O3. The van der Waals surface area contributed by atoms with Crippen molar-refractivity contribution in [3.8, 4) is 17.1 Å². The molecule has 0 fully saturated rings. The number of nitrogens with zero attached hydrogens (tertiary/aromatic N) is 4. The second kappa shape index (κ2) is 6.47. The van der Waals surface area contributed by atoms with E-state index in [9.17, 15) is 4.79 Å². The third-order valence-electron chi connectivity index (χ3n) is 2.70. The summed E-state index contributed by atoms with van der Waals surface area (Å²) in [5, 5.41) is 20.1. The highest BCUT2D eigenvalue weighted by Gasteiger charge is 2.11. The first-order valence-electron chi connectivity index (χ1n) is 5.93. The van der Waals surface area contributed by atoms with Gasteiger partial charge in [0.05, 0.1) is 11.6 Å². The zero-order chi connectivity index (χ0) is 14.5. The Balaban J connectivity index is 2.19. The molecule has 0 spiro atoms. The second-order valence-corrected chi connectivity index (χ2v) is 4.93. The number of hydrogen-bond acceptors (Lipinski definition) is 5. The van der Waals surface area contributed by atoms with Crippen molar-refractivity contribution in [2.45, 2.75) is 19.4 Å². The van der Waals surface area contributed by atoms with Crippen LogP contribution in [0, 0.1) is 0 Å². The number of halogens is 1. The minimum atomic E-state index is -0.827. The van der Waals surface area contributed by atoms with Gasteiger partial charge < -0.3 is 9.84 Å². The van der Waals surface area contributed by atoms with E-state index in [1.54, 1.807) is 11.8 Å². The van der Waals surface area contributed by atoms with E-state index in [2.05, 4.69) is 31.5 Å². The van der Waals surface area contributed by atoms with E-state index in [0.717, 1.165) is 15.8 Å². The highest BCUT2D eigenvalue weighted by atomic mass is 79.9. The zero-order valence-corrected chi connectivity index (χ0v) is 12.4. The number of aliphatic carboxylic acids is 1. The van der Waals surface area contributed by atoms with Crippen LogP contribution in [0.3, 0.4) is 0 Å². The summed E-state index contributed by atoms with van der Waals surface area (Å²) in [5.41, 5.74) is 0.831. The highest BCUT2D eigenvalue weighted by Crippen LogP contribution is 2.29. The quantitative estimate of drug-likeness (QED) is 0.864. The lowest BCUT2D eigenvalue weighted by molar-refractivity contribution is -0.137. The zero-order valence-electron chi connectivity index (χ0n) is 10.8. The van der Waals surface area contributed by atoms with Crippen LogP contribution in [0.15, 0.2) is 22.7 Å². The molecule has 0 atom stereocenters. The van der Waals surface area contributed by atoms with Crippen LogP contribution >= 0.6 is 15.9 Å². The summed E-state index contributed by atoms with van der Waals surface area (Å²) in [4.78, 5) is 10.5. The minimum Gasteiger partial charge on any atom is -0.496 e. The van der Waals surface area contributed by atoms with Crippen LogP contribution in [0.1, 0.15) is 12.8 Å². The molecule has 1 aromatic heterocycles. The first-order chi connectivity index (χ1) is 9.61. The molecule has 2 rings (SSSR count). The summed E-state index contributed by atoms with van der Waals surface area (Å²) in [6, 6.07) is 5.52. The highest BCUT2D eigenvalue weighted by molar-refractivity contribution is 9.10. The number of carbonyl (C=O) groups is 1. The molecule has 20 heavy (non-hydrogen) atoms. The molecule has 1 aromatic carbocycles. The van der Waals surface area contributed by atoms with Crippen molar-refractivity contribution in [3.63, 3.8) is 0 Å². The SMILES string of the molecule is COc1ccc(-c2nnnn2CCCC(=O)O)cc1Br. The van der Waals surface area contributed by atoms with E-state index in [-0.39, 0.29) is 6.42 Å². The van der Waals surface area contributed by atoms with E-state index in [0.29, 0.717) is 18.8 Å². The molecule has 106 valence electrons. The second-order valence-electron chi connectivity index (χ2n) is 4.07. The van der Waals surface area contributed by atoms with Crippen LogP contribution in [-0.4, -0.2) is 38.4 Å². The Hall–Kier alpha value is -1.96. The summed E-state index contributed by atoms with van der Waals surface area (Å²) in [7, 11) is 1.59. The first-order valence-corrected chi connectivity index (χ1v) is 6.73.